The summed E-state index contributed by atoms with van der Waals surface area (Å²) in [6.45, 7) is 0. The van der Waals surface area contributed by atoms with Crippen molar-refractivity contribution in [1.82, 2.24) is 9.97 Å². The molecule has 108 valence electrons. The third-order valence-corrected chi connectivity index (χ3v) is 4.14. The average Bonchev–Trinajstić information content (AvgIpc) is 2.83. The molecule has 3 nitrogen and oxygen atoms in total. The van der Waals surface area contributed by atoms with Crippen LogP contribution < -0.4 is 5.73 Å². The number of nitrogens with two attached hydrogens (primary N) is 1. The number of nitrogen functional groups attached to an aromatic ring is 1. The van der Waals surface area contributed by atoms with Gasteiger partial charge in [-0.2, -0.15) is 13.2 Å². The monoisotopic (exact) mass is 283 g/mol. The van der Waals surface area contributed by atoms with Crippen LogP contribution in [0, 0.1) is 5.92 Å². The van der Waals surface area contributed by atoms with Crippen LogP contribution in [-0.4, -0.2) is 16.1 Å². The number of hydrogen-bond acceptors (Lipinski definition) is 2. The first-order chi connectivity index (χ1) is 9.45. The Morgan fingerprint density at radius 3 is 2.45 bits per heavy atom. The number of hydrogen-bond donors (Lipinski definition) is 2. The Labute approximate surface area is 114 Å². The number of para-hydroxylation sites is 1. The number of fused-ring (bicyclic) bond motifs is 1. The fraction of sp³-hybridized carbons (Fsp3) is 0.500. The van der Waals surface area contributed by atoms with Crippen LogP contribution in [0.1, 0.15) is 37.4 Å². The van der Waals surface area contributed by atoms with E-state index in [-0.39, 0.29) is 18.8 Å². The Morgan fingerprint density at radius 2 is 1.85 bits per heavy atom. The average molecular weight is 283 g/mol. The smallest absolute Gasteiger partial charge is 0.391 e. The molecule has 6 heteroatoms. The number of imidazole rings is 1. The molecule has 0 unspecified atom stereocenters. The Morgan fingerprint density at radius 1 is 1.15 bits per heavy atom. The second-order valence-electron chi connectivity index (χ2n) is 5.46. The summed E-state index contributed by atoms with van der Waals surface area (Å²) in [5.74, 6) is -0.327. The summed E-state index contributed by atoms with van der Waals surface area (Å²) in [7, 11) is 0. The lowest BCUT2D eigenvalue weighted by Gasteiger charge is -2.28. The first kappa shape index (κ1) is 13.3. The molecular weight excluding hydrogens is 267 g/mol. The SMILES string of the molecule is Nc1cccc2[nH]c(C3CCC(C(F)(F)F)CC3)nc12. The molecule has 1 aromatic carbocycles. The molecule has 0 atom stereocenters. The second-order valence-corrected chi connectivity index (χ2v) is 5.46. The molecule has 0 bridgehead atoms. The molecule has 1 fully saturated rings. The van der Waals surface area contributed by atoms with E-state index in [1.807, 2.05) is 12.1 Å². The summed E-state index contributed by atoms with van der Waals surface area (Å²) in [6.07, 6.45) is -2.67. The third kappa shape index (κ3) is 2.34. The summed E-state index contributed by atoms with van der Waals surface area (Å²) in [6, 6.07) is 5.48. The lowest BCUT2D eigenvalue weighted by atomic mass is 9.81. The van der Waals surface area contributed by atoms with Crippen molar-refractivity contribution in [1.29, 1.82) is 0 Å². The highest BCUT2D eigenvalue weighted by Crippen LogP contribution is 2.42. The standard InChI is InChI=1S/C14H16F3N3/c15-14(16,17)9-6-4-8(5-7-9)13-19-11-3-1-2-10(18)12(11)20-13/h1-3,8-9H,4-7,18H2,(H,19,20). The van der Waals surface area contributed by atoms with Gasteiger partial charge < -0.3 is 10.7 Å². The van der Waals surface area contributed by atoms with Crippen LogP contribution in [-0.2, 0) is 0 Å². The van der Waals surface area contributed by atoms with Crippen LogP contribution in [0.5, 0.6) is 0 Å². The van der Waals surface area contributed by atoms with E-state index < -0.39 is 12.1 Å². The zero-order valence-electron chi connectivity index (χ0n) is 10.9. The van der Waals surface area contributed by atoms with E-state index in [1.54, 1.807) is 6.07 Å². The van der Waals surface area contributed by atoms with Gasteiger partial charge in [-0.1, -0.05) is 6.07 Å². The number of halogens is 3. The van der Waals surface area contributed by atoms with E-state index >= 15 is 0 Å². The van der Waals surface area contributed by atoms with Crippen LogP contribution in [0.4, 0.5) is 18.9 Å². The van der Waals surface area contributed by atoms with E-state index in [0.717, 1.165) is 11.3 Å². The molecule has 1 aromatic heterocycles. The summed E-state index contributed by atoms with van der Waals surface area (Å²) >= 11 is 0. The molecule has 0 spiro atoms. The largest absolute Gasteiger partial charge is 0.397 e. The Balaban J connectivity index is 1.78. The van der Waals surface area contributed by atoms with E-state index in [4.69, 9.17) is 5.73 Å². The van der Waals surface area contributed by atoms with Gasteiger partial charge in [0.15, 0.2) is 0 Å². The van der Waals surface area contributed by atoms with Crippen LogP contribution in [0.25, 0.3) is 11.0 Å². The lowest BCUT2D eigenvalue weighted by molar-refractivity contribution is -0.182. The van der Waals surface area contributed by atoms with Crippen molar-refractivity contribution in [2.75, 3.05) is 5.73 Å². The summed E-state index contributed by atoms with van der Waals surface area (Å²) in [4.78, 5) is 7.65. The van der Waals surface area contributed by atoms with E-state index in [9.17, 15) is 13.2 Å². The Kier molecular flexibility index (Phi) is 3.11. The zero-order valence-corrected chi connectivity index (χ0v) is 10.9. The Hall–Kier alpha value is -1.72. The van der Waals surface area contributed by atoms with Gasteiger partial charge >= 0.3 is 6.18 Å². The number of anilines is 1. The van der Waals surface area contributed by atoms with Crippen molar-refractivity contribution < 1.29 is 13.2 Å². The number of benzene rings is 1. The number of rotatable bonds is 1. The molecule has 1 saturated carbocycles. The minimum atomic E-state index is -4.07. The molecule has 3 rings (SSSR count). The molecule has 3 N–H and O–H groups in total. The van der Waals surface area contributed by atoms with Crippen molar-refractivity contribution >= 4 is 16.7 Å². The topological polar surface area (TPSA) is 54.7 Å². The molecule has 2 aromatic rings. The normalized spacial score (nSPS) is 24.1. The van der Waals surface area contributed by atoms with Crippen LogP contribution >= 0.6 is 0 Å². The predicted molar refractivity (Wildman–Crippen MR) is 71.3 cm³/mol. The minimum absolute atomic E-state index is 0.0698. The maximum Gasteiger partial charge on any atom is 0.391 e. The first-order valence-electron chi connectivity index (χ1n) is 6.76. The number of H-pyrrole nitrogens is 1. The summed E-state index contributed by atoms with van der Waals surface area (Å²) in [5.41, 5.74) is 7.99. The molecule has 1 aliphatic carbocycles. The molecule has 0 saturated heterocycles. The zero-order chi connectivity index (χ0) is 14.3. The van der Waals surface area contributed by atoms with Gasteiger partial charge in [0.25, 0.3) is 0 Å². The van der Waals surface area contributed by atoms with Crippen LogP contribution in [0.15, 0.2) is 18.2 Å². The molecule has 1 heterocycles. The van der Waals surface area contributed by atoms with Crippen LogP contribution in [0.2, 0.25) is 0 Å². The van der Waals surface area contributed by atoms with Crippen molar-refractivity contribution in [3.05, 3.63) is 24.0 Å². The molecule has 0 amide bonds. The molecule has 0 aliphatic heterocycles. The molecule has 0 radical (unpaired) electrons. The minimum Gasteiger partial charge on any atom is -0.397 e. The van der Waals surface area contributed by atoms with Crippen molar-refractivity contribution in [3.63, 3.8) is 0 Å². The lowest BCUT2D eigenvalue weighted by Crippen LogP contribution is -2.27. The number of nitrogens with zero attached hydrogens (tertiary/aromatic N) is 1. The van der Waals surface area contributed by atoms with Crippen LogP contribution in [0.3, 0.4) is 0 Å². The highest BCUT2D eigenvalue weighted by molar-refractivity contribution is 5.86. The highest BCUT2D eigenvalue weighted by Gasteiger charge is 2.41. The van der Waals surface area contributed by atoms with E-state index in [1.165, 1.54) is 0 Å². The maximum absolute atomic E-state index is 12.7. The number of aromatic nitrogens is 2. The highest BCUT2D eigenvalue weighted by atomic mass is 19.4. The van der Waals surface area contributed by atoms with Gasteiger partial charge in [0.2, 0.25) is 0 Å². The quantitative estimate of drug-likeness (QED) is 0.778. The second kappa shape index (κ2) is 4.68. The van der Waals surface area contributed by atoms with Crippen molar-refractivity contribution in [3.8, 4) is 0 Å². The van der Waals surface area contributed by atoms with E-state index in [0.29, 0.717) is 24.0 Å². The van der Waals surface area contributed by atoms with Gasteiger partial charge in [0.1, 0.15) is 11.3 Å². The number of alkyl halides is 3. The van der Waals surface area contributed by atoms with Crippen molar-refractivity contribution in [2.45, 2.75) is 37.8 Å². The predicted octanol–water partition coefficient (Wildman–Crippen LogP) is 3.98. The fourth-order valence-corrected chi connectivity index (χ4v) is 2.96. The number of aromatic amines is 1. The molecule has 1 aliphatic rings. The van der Waals surface area contributed by atoms with Gasteiger partial charge in [0.05, 0.1) is 17.1 Å². The molecule has 20 heavy (non-hydrogen) atoms. The van der Waals surface area contributed by atoms with E-state index in [2.05, 4.69) is 9.97 Å². The van der Waals surface area contributed by atoms with Gasteiger partial charge in [-0.15, -0.1) is 0 Å². The third-order valence-electron chi connectivity index (χ3n) is 4.14. The summed E-state index contributed by atoms with van der Waals surface area (Å²) in [5, 5.41) is 0. The maximum atomic E-state index is 12.7. The van der Waals surface area contributed by atoms with Gasteiger partial charge in [0, 0.05) is 5.92 Å². The van der Waals surface area contributed by atoms with Gasteiger partial charge in [-0.25, -0.2) is 4.98 Å². The van der Waals surface area contributed by atoms with Gasteiger partial charge in [-0.05, 0) is 37.8 Å². The first-order valence-corrected chi connectivity index (χ1v) is 6.76. The Bertz CT molecular complexity index is 610. The fourth-order valence-electron chi connectivity index (χ4n) is 2.96. The molecular formula is C14H16F3N3. The van der Waals surface area contributed by atoms with Crippen molar-refractivity contribution in [2.24, 2.45) is 5.92 Å². The van der Waals surface area contributed by atoms with Gasteiger partial charge in [-0.3, -0.25) is 0 Å². The summed E-state index contributed by atoms with van der Waals surface area (Å²) < 4.78 is 38.0. The number of nitrogens with one attached hydrogen (secondary N) is 1.